The molecule has 17 heavy (non-hydrogen) atoms. The zero-order chi connectivity index (χ0) is 12.4. The van der Waals surface area contributed by atoms with Crippen LogP contribution >= 0.6 is 0 Å². The highest BCUT2D eigenvalue weighted by Crippen LogP contribution is 2.24. The van der Waals surface area contributed by atoms with Crippen LogP contribution in [0.25, 0.3) is 11.0 Å². The number of nitrogen functional groups attached to an aromatic ring is 1. The number of hydrogen-bond acceptors (Lipinski definition) is 4. The van der Waals surface area contributed by atoms with Crippen LogP contribution in [0.1, 0.15) is 25.2 Å². The van der Waals surface area contributed by atoms with Gasteiger partial charge >= 0.3 is 0 Å². The first kappa shape index (κ1) is 11.9. The summed E-state index contributed by atoms with van der Waals surface area (Å²) in [5, 5.41) is 18.3. The summed E-state index contributed by atoms with van der Waals surface area (Å²) in [4.78, 5) is 4.35. The minimum Gasteiger partial charge on any atom is -0.399 e. The van der Waals surface area contributed by atoms with Crippen molar-refractivity contribution in [2.24, 2.45) is 0 Å². The molecule has 2 rings (SSSR count). The second-order valence-electron chi connectivity index (χ2n) is 4.17. The first-order chi connectivity index (χ1) is 8.17. The molecular formula is C12H17N3O2. The Morgan fingerprint density at radius 1 is 1.41 bits per heavy atom. The van der Waals surface area contributed by atoms with Gasteiger partial charge in [-0.05, 0) is 31.5 Å². The van der Waals surface area contributed by atoms with Gasteiger partial charge in [-0.2, -0.15) is 0 Å². The monoisotopic (exact) mass is 235 g/mol. The van der Waals surface area contributed by atoms with Crippen LogP contribution in [0.15, 0.2) is 18.2 Å². The van der Waals surface area contributed by atoms with Crippen LogP contribution in [-0.4, -0.2) is 26.4 Å². The van der Waals surface area contributed by atoms with Crippen LogP contribution in [0.3, 0.4) is 0 Å². The number of anilines is 1. The second kappa shape index (κ2) is 4.73. The molecule has 1 heterocycles. The van der Waals surface area contributed by atoms with E-state index in [0.717, 1.165) is 11.0 Å². The third-order valence-electron chi connectivity index (χ3n) is 2.92. The van der Waals surface area contributed by atoms with Gasteiger partial charge in [0.25, 0.3) is 0 Å². The molecule has 2 aromatic rings. The van der Waals surface area contributed by atoms with E-state index in [-0.39, 0.29) is 19.3 Å². The van der Waals surface area contributed by atoms with Crippen LogP contribution in [0.4, 0.5) is 5.69 Å². The van der Waals surface area contributed by atoms with E-state index in [9.17, 15) is 5.11 Å². The third-order valence-corrected chi connectivity index (χ3v) is 2.92. The fraction of sp³-hybridized carbons (Fsp3) is 0.417. The van der Waals surface area contributed by atoms with Crippen molar-refractivity contribution >= 4 is 16.7 Å². The zero-order valence-electron chi connectivity index (χ0n) is 9.80. The molecule has 0 amide bonds. The van der Waals surface area contributed by atoms with Gasteiger partial charge in [-0.25, -0.2) is 4.98 Å². The van der Waals surface area contributed by atoms with E-state index in [2.05, 4.69) is 4.98 Å². The van der Waals surface area contributed by atoms with Gasteiger partial charge in [-0.1, -0.05) is 0 Å². The van der Waals surface area contributed by atoms with Crippen LogP contribution in [-0.2, 0) is 6.61 Å². The lowest BCUT2D eigenvalue weighted by atomic mass is 10.2. The Morgan fingerprint density at radius 3 is 2.82 bits per heavy atom. The summed E-state index contributed by atoms with van der Waals surface area (Å²) in [6, 6.07) is 5.59. The van der Waals surface area contributed by atoms with Gasteiger partial charge in [0, 0.05) is 18.3 Å². The highest BCUT2D eigenvalue weighted by Gasteiger charge is 2.14. The predicted molar refractivity (Wildman–Crippen MR) is 66.5 cm³/mol. The number of nitrogens with zero attached hydrogens (tertiary/aromatic N) is 2. The number of aliphatic hydroxyl groups is 2. The molecule has 0 spiro atoms. The van der Waals surface area contributed by atoms with Crippen molar-refractivity contribution in [3.63, 3.8) is 0 Å². The minimum atomic E-state index is -0.121. The quantitative estimate of drug-likeness (QED) is 0.692. The smallest absolute Gasteiger partial charge is 0.135 e. The molecule has 1 aromatic carbocycles. The summed E-state index contributed by atoms with van der Waals surface area (Å²) in [7, 11) is 0. The average Bonchev–Trinajstić information content (AvgIpc) is 2.66. The fourth-order valence-corrected chi connectivity index (χ4v) is 2.08. The van der Waals surface area contributed by atoms with E-state index >= 15 is 0 Å². The molecule has 5 nitrogen and oxygen atoms in total. The molecule has 0 fully saturated rings. The molecule has 0 aliphatic rings. The van der Waals surface area contributed by atoms with Gasteiger partial charge in [-0.15, -0.1) is 0 Å². The predicted octanol–water partition coefficient (Wildman–Crippen LogP) is 1.05. The normalized spacial score (nSPS) is 13.1. The molecule has 0 radical (unpaired) electrons. The number of hydrogen-bond donors (Lipinski definition) is 3. The Bertz CT molecular complexity index is 522. The van der Waals surface area contributed by atoms with Crippen LogP contribution in [0.5, 0.6) is 0 Å². The number of nitrogens with two attached hydrogens (primary N) is 1. The molecule has 1 unspecified atom stereocenters. The lowest BCUT2D eigenvalue weighted by Crippen LogP contribution is -2.10. The van der Waals surface area contributed by atoms with Crippen molar-refractivity contribution in [2.45, 2.75) is 26.0 Å². The molecule has 5 heteroatoms. The Labute approximate surface area is 99.5 Å². The Balaban J connectivity index is 2.58. The Morgan fingerprint density at radius 2 is 2.18 bits per heavy atom. The lowest BCUT2D eigenvalue weighted by molar-refractivity contribution is 0.243. The van der Waals surface area contributed by atoms with Crippen molar-refractivity contribution in [1.29, 1.82) is 0 Å². The molecule has 1 atom stereocenters. The van der Waals surface area contributed by atoms with Gasteiger partial charge in [-0.3, -0.25) is 0 Å². The Hall–Kier alpha value is -1.59. The van der Waals surface area contributed by atoms with Crippen molar-refractivity contribution in [3.8, 4) is 0 Å². The Kier molecular flexibility index (Phi) is 3.31. The summed E-state index contributed by atoms with van der Waals surface area (Å²) in [5.41, 5.74) is 8.07. The molecule has 0 aliphatic carbocycles. The van der Waals surface area contributed by atoms with Gasteiger partial charge in [0.1, 0.15) is 12.4 Å². The molecule has 0 bridgehead atoms. The van der Waals surface area contributed by atoms with E-state index in [1.54, 1.807) is 6.07 Å². The average molecular weight is 235 g/mol. The van der Waals surface area contributed by atoms with Crippen molar-refractivity contribution in [2.75, 3.05) is 12.3 Å². The largest absolute Gasteiger partial charge is 0.399 e. The number of aromatic nitrogens is 2. The highest BCUT2D eigenvalue weighted by atomic mass is 16.3. The molecule has 0 saturated carbocycles. The minimum absolute atomic E-state index is 0.0933. The standard InChI is InChI=1S/C12H17N3O2/c1-8(4-5-16)15-11-3-2-9(13)6-10(11)14-12(15)7-17/h2-3,6,8,16-17H,4-5,7,13H2,1H3. The summed E-state index contributed by atoms with van der Waals surface area (Å²) in [6.07, 6.45) is 0.628. The second-order valence-corrected chi connectivity index (χ2v) is 4.17. The molecule has 1 aromatic heterocycles. The van der Waals surface area contributed by atoms with Gasteiger partial charge in [0.05, 0.1) is 11.0 Å². The summed E-state index contributed by atoms with van der Waals surface area (Å²) < 4.78 is 1.95. The molecule has 92 valence electrons. The lowest BCUT2D eigenvalue weighted by Gasteiger charge is -2.15. The zero-order valence-corrected chi connectivity index (χ0v) is 9.80. The maximum Gasteiger partial charge on any atom is 0.135 e. The number of benzene rings is 1. The first-order valence-corrected chi connectivity index (χ1v) is 5.65. The van der Waals surface area contributed by atoms with E-state index < -0.39 is 0 Å². The SMILES string of the molecule is CC(CCO)n1c(CO)nc2cc(N)ccc21. The number of rotatable bonds is 4. The van der Waals surface area contributed by atoms with Crippen molar-refractivity contribution in [1.82, 2.24) is 9.55 Å². The molecular weight excluding hydrogens is 218 g/mol. The van der Waals surface area contributed by atoms with E-state index in [1.807, 2.05) is 23.6 Å². The molecule has 4 N–H and O–H groups in total. The van der Waals surface area contributed by atoms with Crippen LogP contribution < -0.4 is 5.73 Å². The fourth-order valence-electron chi connectivity index (χ4n) is 2.08. The van der Waals surface area contributed by atoms with Gasteiger partial charge in [0.2, 0.25) is 0 Å². The number of fused-ring (bicyclic) bond motifs is 1. The third kappa shape index (κ3) is 2.11. The van der Waals surface area contributed by atoms with Crippen molar-refractivity contribution < 1.29 is 10.2 Å². The van der Waals surface area contributed by atoms with Crippen molar-refractivity contribution in [3.05, 3.63) is 24.0 Å². The highest BCUT2D eigenvalue weighted by molar-refractivity contribution is 5.79. The number of imidazole rings is 1. The summed E-state index contributed by atoms with van der Waals surface area (Å²) in [5.74, 6) is 0.603. The topological polar surface area (TPSA) is 84.3 Å². The maximum absolute atomic E-state index is 9.33. The van der Waals surface area contributed by atoms with Gasteiger partial charge < -0.3 is 20.5 Å². The maximum atomic E-state index is 9.33. The van der Waals surface area contributed by atoms with Crippen LogP contribution in [0, 0.1) is 0 Å². The summed E-state index contributed by atoms with van der Waals surface area (Å²) >= 11 is 0. The molecule has 0 saturated heterocycles. The summed E-state index contributed by atoms with van der Waals surface area (Å²) in [6.45, 7) is 1.98. The number of aliphatic hydroxyl groups excluding tert-OH is 2. The van der Waals surface area contributed by atoms with Gasteiger partial charge in [0.15, 0.2) is 0 Å². The molecule has 0 aliphatic heterocycles. The van der Waals surface area contributed by atoms with E-state index in [4.69, 9.17) is 10.8 Å². The van der Waals surface area contributed by atoms with E-state index in [0.29, 0.717) is 17.9 Å². The van der Waals surface area contributed by atoms with Crippen LogP contribution in [0.2, 0.25) is 0 Å². The van der Waals surface area contributed by atoms with E-state index in [1.165, 1.54) is 0 Å². The first-order valence-electron chi connectivity index (χ1n) is 5.65.